The Morgan fingerprint density at radius 3 is 2.20 bits per heavy atom. The predicted molar refractivity (Wildman–Crippen MR) is 133 cm³/mol. The number of ether oxygens (including phenoxy) is 2. The summed E-state index contributed by atoms with van der Waals surface area (Å²) in [5, 5.41) is 2.53. The van der Waals surface area contributed by atoms with Crippen LogP contribution >= 0.6 is 0 Å². The van der Waals surface area contributed by atoms with Crippen molar-refractivity contribution in [2.24, 2.45) is 0 Å². The molecule has 0 bridgehead atoms. The number of sulfonamides is 1. The molecule has 0 aromatic heterocycles. The van der Waals surface area contributed by atoms with Crippen LogP contribution in [-0.4, -0.2) is 38.9 Å². The van der Waals surface area contributed by atoms with Gasteiger partial charge in [-0.15, -0.1) is 0 Å². The van der Waals surface area contributed by atoms with Crippen LogP contribution in [0.5, 0.6) is 17.2 Å². The van der Waals surface area contributed by atoms with Crippen molar-refractivity contribution < 1.29 is 27.4 Å². The zero-order valence-corrected chi connectivity index (χ0v) is 21.0. The van der Waals surface area contributed by atoms with Gasteiger partial charge in [0.1, 0.15) is 22.1 Å². The summed E-state index contributed by atoms with van der Waals surface area (Å²) in [6.07, 6.45) is 0. The first-order valence-electron chi connectivity index (χ1n) is 10.7. The lowest BCUT2D eigenvalue weighted by atomic mass is 10.1. The Kier molecular flexibility index (Phi) is 7.45. The number of rotatable bonds is 7. The van der Waals surface area contributed by atoms with Crippen LogP contribution in [0.4, 0.5) is 10.5 Å². The average molecular weight is 499 g/mol. The lowest BCUT2D eigenvalue weighted by molar-refractivity contribution is -0.428. The largest absolute Gasteiger partial charge is 0.497 e. The first-order valence-corrected chi connectivity index (χ1v) is 12.2. The molecule has 35 heavy (non-hydrogen) atoms. The zero-order valence-electron chi connectivity index (χ0n) is 20.2. The van der Waals surface area contributed by atoms with E-state index >= 15 is 0 Å². The van der Waals surface area contributed by atoms with Gasteiger partial charge < -0.3 is 14.8 Å². The highest BCUT2D eigenvalue weighted by Gasteiger charge is 2.27. The van der Waals surface area contributed by atoms with Gasteiger partial charge in [-0.2, -0.15) is 0 Å². The fourth-order valence-corrected chi connectivity index (χ4v) is 4.24. The van der Waals surface area contributed by atoms with E-state index in [4.69, 9.17) is 9.47 Å². The molecule has 0 saturated carbocycles. The maximum atomic E-state index is 13.1. The third kappa shape index (κ3) is 6.80. The van der Waals surface area contributed by atoms with E-state index in [0.29, 0.717) is 10.5 Å². The van der Waals surface area contributed by atoms with Crippen LogP contribution in [0.25, 0.3) is 11.1 Å². The minimum absolute atomic E-state index is 0.0430. The van der Waals surface area contributed by atoms with Crippen molar-refractivity contribution in [2.45, 2.75) is 31.2 Å². The fourth-order valence-electron chi connectivity index (χ4n) is 3.18. The fraction of sp³-hybridized carbons (Fsp3) is 0.240. The number of carbonyl (C=O) groups is 1. The number of nitroso groups, excluding NO2 is 1. The molecule has 0 atom stereocenters. The molecule has 0 unspecified atom stereocenters. The second-order valence-electron chi connectivity index (χ2n) is 8.80. The molecule has 3 aromatic rings. The minimum atomic E-state index is -4.38. The summed E-state index contributed by atoms with van der Waals surface area (Å²) in [6.45, 7) is 5.16. The summed E-state index contributed by atoms with van der Waals surface area (Å²) in [5.41, 5.74) is 1.18. The molecule has 0 fully saturated rings. The van der Waals surface area contributed by atoms with Gasteiger partial charge in [0.15, 0.2) is 7.05 Å². The number of amides is 2. The van der Waals surface area contributed by atoms with Crippen molar-refractivity contribution in [3.8, 4) is 28.4 Å². The van der Waals surface area contributed by atoms with Crippen LogP contribution in [0.15, 0.2) is 71.6 Å². The number of hydrogen-bond donors (Lipinski definition) is 2. The Morgan fingerprint density at radius 1 is 0.914 bits per heavy atom. The molecule has 0 radical (unpaired) electrons. The SMILES string of the molecule is COc1ccc(-c2cccc(Oc3ccc([N+](C)=O)cc3S(=O)(=O)NC(=O)NC(C)(C)C)c2)cc1. The summed E-state index contributed by atoms with van der Waals surface area (Å²) in [4.78, 5) is 23.7. The standard InChI is InChI=1S/C25H27N3O6S/c1-25(2,3)26-24(29)27-35(31,32)23-16-19(28(4)30)11-14-22(23)34-21-8-6-7-18(15-21)17-9-12-20(33-5)13-10-17/h6-16H,1-5H3,(H-,26,27,29)/p+1. The summed E-state index contributed by atoms with van der Waals surface area (Å²) >= 11 is 0. The molecule has 0 saturated heterocycles. The topological polar surface area (TPSA) is 114 Å². The quantitative estimate of drug-likeness (QED) is 0.444. The second-order valence-corrected chi connectivity index (χ2v) is 10.4. The highest BCUT2D eigenvalue weighted by atomic mass is 32.2. The Morgan fingerprint density at radius 2 is 1.60 bits per heavy atom. The maximum Gasteiger partial charge on any atom is 0.329 e. The minimum Gasteiger partial charge on any atom is -0.497 e. The Labute approximate surface area is 204 Å². The van der Waals surface area contributed by atoms with Crippen molar-refractivity contribution in [1.29, 1.82) is 0 Å². The van der Waals surface area contributed by atoms with E-state index in [1.54, 1.807) is 46.1 Å². The van der Waals surface area contributed by atoms with E-state index in [1.807, 2.05) is 35.1 Å². The number of nitrogens with one attached hydrogen (secondary N) is 2. The van der Waals surface area contributed by atoms with Crippen LogP contribution in [0.2, 0.25) is 0 Å². The Hall–Kier alpha value is -3.92. The van der Waals surface area contributed by atoms with E-state index in [0.717, 1.165) is 22.9 Å². The molecule has 10 heteroatoms. The predicted octanol–water partition coefficient (Wildman–Crippen LogP) is 4.98. The smallest absolute Gasteiger partial charge is 0.329 e. The van der Waals surface area contributed by atoms with Gasteiger partial charge >= 0.3 is 6.03 Å². The highest BCUT2D eigenvalue weighted by molar-refractivity contribution is 7.90. The third-order valence-corrected chi connectivity index (χ3v) is 6.13. The lowest BCUT2D eigenvalue weighted by Crippen LogP contribution is -2.48. The number of benzene rings is 3. The van der Waals surface area contributed by atoms with Crippen LogP contribution in [-0.2, 0) is 10.0 Å². The van der Waals surface area contributed by atoms with Gasteiger partial charge in [-0.3, -0.25) is 0 Å². The molecular formula is C25H28N3O6S+. The van der Waals surface area contributed by atoms with Crippen LogP contribution in [0, 0.1) is 4.91 Å². The van der Waals surface area contributed by atoms with Gasteiger partial charge in [0.2, 0.25) is 0 Å². The monoisotopic (exact) mass is 498 g/mol. The number of hydrogen-bond acceptors (Lipinski definition) is 6. The molecule has 3 rings (SSSR count). The molecule has 0 aliphatic heterocycles. The Balaban J connectivity index is 1.96. The molecule has 9 nitrogen and oxygen atoms in total. The summed E-state index contributed by atoms with van der Waals surface area (Å²) in [6, 6.07) is 17.6. The summed E-state index contributed by atoms with van der Waals surface area (Å²) in [5.74, 6) is 1.05. The summed E-state index contributed by atoms with van der Waals surface area (Å²) < 4.78 is 39.8. The van der Waals surface area contributed by atoms with E-state index in [1.165, 1.54) is 19.2 Å². The van der Waals surface area contributed by atoms with Gasteiger partial charge in [0, 0.05) is 27.3 Å². The van der Waals surface area contributed by atoms with Crippen molar-refractivity contribution in [1.82, 2.24) is 10.0 Å². The van der Waals surface area contributed by atoms with E-state index in [9.17, 15) is 18.1 Å². The van der Waals surface area contributed by atoms with E-state index in [-0.39, 0.29) is 16.3 Å². The molecule has 2 N–H and O–H groups in total. The molecule has 3 aromatic carbocycles. The van der Waals surface area contributed by atoms with E-state index < -0.39 is 21.6 Å². The van der Waals surface area contributed by atoms with Gasteiger partial charge in [0.25, 0.3) is 15.7 Å². The van der Waals surface area contributed by atoms with Crippen molar-refractivity contribution in [3.63, 3.8) is 0 Å². The molecule has 2 amide bonds. The zero-order chi connectivity index (χ0) is 25.8. The highest BCUT2D eigenvalue weighted by Crippen LogP contribution is 2.34. The molecule has 0 aliphatic rings. The number of methoxy groups -OCH3 is 1. The first kappa shape index (κ1) is 25.7. The van der Waals surface area contributed by atoms with Crippen LogP contribution in [0.3, 0.4) is 0 Å². The molecule has 0 spiro atoms. The third-order valence-electron chi connectivity index (χ3n) is 4.78. The lowest BCUT2D eigenvalue weighted by Gasteiger charge is -2.21. The van der Waals surface area contributed by atoms with Gasteiger partial charge in [0.05, 0.1) is 7.11 Å². The molecule has 184 valence electrons. The van der Waals surface area contributed by atoms with Crippen LogP contribution in [0.1, 0.15) is 20.8 Å². The van der Waals surface area contributed by atoms with Crippen molar-refractivity contribution in [2.75, 3.05) is 14.2 Å². The first-order chi connectivity index (χ1) is 16.4. The average Bonchev–Trinajstić information content (AvgIpc) is 2.77. The van der Waals surface area contributed by atoms with Gasteiger partial charge in [-0.25, -0.2) is 17.9 Å². The second kappa shape index (κ2) is 10.1. The van der Waals surface area contributed by atoms with E-state index in [2.05, 4.69) is 5.32 Å². The number of nitrogens with zero attached hydrogens (tertiary/aromatic N) is 1. The van der Waals surface area contributed by atoms with Crippen molar-refractivity contribution in [3.05, 3.63) is 71.6 Å². The van der Waals surface area contributed by atoms with Gasteiger partial charge in [-0.05, 0) is 62.2 Å². The number of urea groups is 1. The normalized spacial score (nSPS) is 11.5. The maximum absolute atomic E-state index is 13.1. The summed E-state index contributed by atoms with van der Waals surface area (Å²) in [7, 11) is -1.54. The number of carbonyl (C=O) groups excluding carboxylic acids is 1. The van der Waals surface area contributed by atoms with Crippen LogP contribution < -0.4 is 19.5 Å². The van der Waals surface area contributed by atoms with Gasteiger partial charge in [-0.1, -0.05) is 24.3 Å². The molecule has 0 heterocycles. The Bertz CT molecular complexity index is 1350. The van der Waals surface area contributed by atoms with Crippen molar-refractivity contribution >= 4 is 21.7 Å². The molecule has 0 aliphatic carbocycles. The molecular weight excluding hydrogens is 470 g/mol.